The molecule has 3 aromatic rings. The number of rotatable bonds is 6. The maximum absolute atomic E-state index is 12.8. The summed E-state index contributed by atoms with van der Waals surface area (Å²) in [7, 11) is -3.95. The predicted molar refractivity (Wildman–Crippen MR) is 120 cm³/mol. The number of carbonyl (C=O) groups is 1. The van der Waals surface area contributed by atoms with E-state index < -0.39 is 10.0 Å². The van der Waals surface area contributed by atoms with E-state index in [1.54, 1.807) is 30.3 Å². The van der Waals surface area contributed by atoms with Crippen molar-refractivity contribution in [1.29, 1.82) is 0 Å². The molecule has 0 unspecified atom stereocenters. The van der Waals surface area contributed by atoms with Crippen molar-refractivity contribution in [2.45, 2.75) is 31.7 Å². The molecule has 3 rings (SSSR count). The normalized spacial score (nSPS) is 12.3. The average molecular weight is 443 g/mol. The van der Waals surface area contributed by atoms with E-state index in [-0.39, 0.29) is 27.4 Å². The zero-order valence-electron chi connectivity index (χ0n) is 16.9. The van der Waals surface area contributed by atoms with Crippen LogP contribution in [0.3, 0.4) is 0 Å². The molecule has 2 N–H and O–H groups in total. The minimum absolute atomic E-state index is 0.0393. The van der Waals surface area contributed by atoms with Crippen molar-refractivity contribution in [1.82, 2.24) is 5.32 Å². The van der Waals surface area contributed by atoms with Crippen molar-refractivity contribution in [2.24, 2.45) is 0 Å². The Balaban J connectivity index is 1.84. The second-order valence-corrected chi connectivity index (χ2v) is 9.23. The highest BCUT2D eigenvalue weighted by atomic mass is 35.5. The SMILES string of the molecule is Cc1ccc([C@H](C)NC(=O)c2ccc(Cl)c(S(=O)(=O)Nc3ccccc3)c2)c(C)c1. The molecule has 0 aliphatic heterocycles. The maximum Gasteiger partial charge on any atom is 0.263 e. The van der Waals surface area contributed by atoms with E-state index in [4.69, 9.17) is 11.6 Å². The fraction of sp³-hybridized carbons (Fsp3) is 0.174. The molecule has 0 bridgehead atoms. The lowest BCUT2D eigenvalue weighted by Crippen LogP contribution is -2.27. The topological polar surface area (TPSA) is 75.3 Å². The van der Waals surface area contributed by atoms with Gasteiger partial charge in [-0.05, 0) is 62.2 Å². The van der Waals surface area contributed by atoms with Gasteiger partial charge in [0.15, 0.2) is 0 Å². The second kappa shape index (κ2) is 8.90. The van der Waals surface area contributed by atoms with E-state index in [1.165, 1.54) is 18.2 Å². The summed E-state index contributed by atoms with van der Waals surface area (Å²) < 4.78 is 28.1. The molecular weight excluding hydrogens is 420 g/mol. The van der Waals surface area contributed by atoms with Gasteiger partial charge >= 0.3 is 0 Å². The minimum Gasteiger partial charge on any atom is -0.346 e. The summed E-state index contributed by atoms with van der Waals surface area (Å²) in [5, 5.41) is 2.96. The summed E-state index contributed by atoms with van der Waals surface area (Å²) in [6.07, 6.45) is 0. The van der Waals surface area contributed by atoms with Gasteiger partial charge in [0, 0.05) is 11.3 Å². The minimum atomic E-state index is -3.95. The van der Waals surface area contributed by atoms with Crippen molar-refractivity contribution in [3.8, 4) is 0 Å². The number of nitrogens with one attached hydrogen (secondary N) is 2. The Morgan fingerprint density at radius 1 is 0.967 bits per heavy atom. The zero-order chi connectivity index (χ0) is 21.9. The lowest BCUT2D eigenvalue weighted by Gasteiger charge is -2.18. The number of amides is 1. The van der Waals surface area contributed by atoms with Crippen LogP contribution >= 0.6 is 11.6 Å². The molecule has 0 aromatic heterocycles. The van der Waals surface area contributed by atoms with Gasteiger partial charge in [-0.2, -0.15) is 0 Å². The van der Waals surface area contributed by atoms with Gasteiger partial charge in [0.25, 0.3) is 15.9 Å². The van der Waals surface area contributed by atoms with Crippen LogP contribution in [-0.2, 0) is 10.0 Å². The number of hydrogen-bond donors (Lipinski definition) is 2. The summed E-state index contributed by atoms with van der Waals surface area (Å²) in [6.45, 7) is 5.90. The summed E-state index contributed by atoms with van der Waals surface area (Å²) in [6, 6.07) is 18.5. The quantitative estimate of drug-likeness (QED) is 0.547. The van der Waals surface area contributed by atoms with Crippen LogP contribution < -0.4 is 10.0 Å². The first-order valence-electron chi connectivity index (χ1n) is 9.43. The van der Waals surface area contributed by atoms with Gasteiger partial charge < -0.3 is 5.32 Å². The van der Waals surface area contributed by atoms with E-state index in [9.17, 15) is 13.2 Å². The van der Waals surface area contributed by atoms with E-state index >= 15 is 0 Å². The van der Waals surface area contributed by atoms with Gasteiger partial charge in [0.2, 0.25) is 0 Å². The summed E-state index contributed by atoms with van der Waals surface area (Å²) >= 11 is 6.14. The Hall–Kier alpha value is -2.83. The van der Waals surface area contributed by atoms with Crippen LogP contribution in [0.1, 0.15) is 40.0 Å². The Morgan fingerprint density at radius 2 is 1.67 bits per heavy atom. The fourth-order valence-electron chi connectivity index (χ4n) is 3.24. The van der Waals surface area contributed by atoms with Crippen LogP contribution in [0.15, 0.2) is 71.6 Å². The highest BCUT2D eigenvalue weighted by molar-refractivity contribution is 7.92. The van der Waals surface area contributed by atoms with Gasteiger partial charge in [-0.1, -0.05) is 53.6 Å². The molecule has 0 fully saturated rings. The van der Waals surface area contributed by atoms with E-state index in [0.29, 0.717) is 5.69 Å². The van der Waals surface area contributed by atoms with Crippen molar-refractivity contribution in [2.75, 3.05) is 4.72 Å². The zero-order valence-corrected chi connectivity index (χ0v) is 18.5. The number of para-hydroxylation sites is 1. The van der Waals surface area contributed by atoms with Crippen LogP contribution in [-0.4, -0.2) is 14.3 Å². The molecule has 0 saturated heterocycles. The molecular formula is C23H23ClN2O3S. The molecule has 5 nitrogen and oxygen atoms in total. The highest BCUT2D eigenvalue weighted by Crippen LogP contribution is 2.26. The smallest absolute Gasteiger partial charge is 0.263 e. The summed E-state index contributed by atoms with van der Waals surface area (Å²) in [4.78, 5) is 12.6. The van der Waals surface area contributed by atoms with Gasteiger partial charge in [0.1, 0.15) is 4.90 Å². The first-order valence-corrected chi connectivity index (χ1v) is 11.3. The van der Waals surface area contributed by atoms with Crippen molar-refractivity contribution in [3.63, 3.8) is 0 Å². The number of aryl methyl sites for hydroxylation is 2. The van der Waals surface area contributed by atoms with Gasteiger partial charge in [-0.3, -0.25) is 9.52 Å². The number of hydrogen-bond acceptors (Lipinski definition) is 3. The Labute approximate surface area is 182 Å². The molecule has 3 aromatic carbocycles. The summed E-state index contributed by atoms with van der Waals surface area (Å²) in [5.74, 6) is -0.379. The third-order valence-corrected chi connectivity index (χ3v) is 6.61. The Morgan fingerprint density at radius 3 is 2.33 bits per heavy atom. The molecule has 30 heavy (non-hydrogen) atoms. The molecule has 0 aliphatic carbocycles. The van der Waals surface area contributed by atoms with E-state index in [0.717, 1.165) is 16.7 Å². The number of benzene rings is 3. The molecule has 156 valence electrons. The molecule has 1 amide bonds. The lowest BCUT2D eigenvalue weighted by molar-refractivity contribution is 0.0939. The lowest BCUT2D eigenvalue weighted by atomic mass is 10.00. The van der Waals surface area contributed by atoms with Crippen LogP contribution in [0.4, 0.5) is 5.69 Å². The number of anilines is 1. The first-order chi connectivity index (χ1) is 14.2. The number of carbonyl (C=O) groups excluding carboxylic acids is 1. The monoisotopic (exact) mass is 442 g/mol. The molecule has 0 spiro atoms. The molecule has 0 aliphatic rings. The van der Waals surface area contributed by atoms with Crippen molar-refractivity contribution < 1.29 is 13.2 Å². The maximum atomic E-state index is 12.8. The van der Waals surface area contributed by atoms with Crippen LogP contribution in [0.2, 0.25) is 5.02 Å². The Kier molecular flexibility index (Phi) is 6.48. The fourth-order valence-corrected chi connectivity index (χ4v) is 4.82. The largest absolute Gasteiger partial charge is 0.346 e. The summed E-state index contributed by atoms with van der Waals surface area (Å²) in [5.41, 5.74) is 3.85. The molecule has 0 heterocycles. The van der Waals surface area contributed by atoms with Crippen LogP contribution in [0, 0.1) is 13.8 Å². The highest BCUT2D eigenvalue weighted by Gasteiger charge is 2.21. The van der Waals surface area contributed by atoms with Crippen molar-refractivity contribution >= 4 is 33.2 Å². The van der Waals surface area contributed by atoms with Gasteiger partial charge in [0.05, 0.1) is 11.1 Å². The van der Waals surface area contributed by atoms with Crippen LogP contribution in [0.5, 0.6) is 0 Å². The van der Waals surface area contributed by atoms with Gasteiger partial charge in [-0.15, -0.1) is 0 Å². The molecule has 1 atom stereocenters. The third kappa shape index (κ3) is 5.01. The predicted octanol–water partition coefficient (Wildman–Crippen LogP) is 5.25. The van der Waals surface area contributed by atoms with Crippen molar-refractivity contribution in [3.05, 3.63) is 94.0 Å². The van der Waals surface area contributed by atoms with E-state index in [1.807, 2.05) is 32.9 Å². The average Bonchev–Trinajstić information content (AvgIpc) is 2.68. The Bertz CT molecular complexity index is 1180. The molecule has 7 heteroatoms. The van der Waals surface area contributed by atoms with Gasteiger partial charge in [-0.25, -0.2) is 8.42 Å². The molecule has 0 radical (unpaired) electrons. The van der Waals surface area contributed by atoms with E-state index in [2.05, 4.69) is 16.1 Å². The first kappa shape index (κ1) is 21.9. The third-order valence-electron chi connectivity index (χ3n) is 4.75. The second-order valence-electron chi connectivity index (χ2n) is 7.17. The number of halogens is 1. The van der Waals surface area contributed by atoms with Crippen LogP contribution in [0.25, 0.3) is 0 Å². The standard InChI is InChI=1S/C23H23ClN2O3S/c1-15-9-11-20(16(2)13-15)17(3)25-23(27)18-10-12-21(24)22(14-18)30(28,29)26-19-7-5-4-6-8-19/h4-14,17,26H,1-3H3,(H,25,27)/t17-/m0/s1. The molecule has 0 saturated carbocycles. The number of sulfonamides is 1.